The molecule has 1 aromatic rings. The molecule has 0 amide bonds. The van der Waals surface area contributed by atoms with E-state index in [9.17, 15) is 0 Å². The van der Waals surface area contributed by atoms with E-state index >= 15 is 0 Å². The summed E-state index contributed by atoms with van der Waals surface area (Å²) < 4.78 is 0. The fourth-order valence-electron chi connectivity index (χ4n) is 1.26. The summed E-state index contributed by atoms with van der Waals surface area (Å²) in [7, 11) is 0.312. The van der Waals surface area contributed by atoms with Gasteiger partial charge in [-0.2, -0.15) is 10.5 Å². The summed E-state index contributed by atoms with van der Waals surface area (Å²) in [5.41, 5.74) is 1.42. The summed E-state index contributed by atoms with van der Waals surface area (Å²) in [5.74, 6) is 1.14. The van der Waals surface area contributed by atoms with Crippen molar-refractivity contribution in [3.8, 4) is 0 Å². The van der Waals surface area contributed by atoms with Crippen molar-refractivity contribution >= 4 is 15.9 Å². The molecule has 0 saturated heterocycles. The van der Waals surface area contributed by atoms with Gasteiger partial charge in [0, 0.05) is 5.75 Å². The first kappa shape index (κ1) is 8.52. The van der Waals surface area contributed by atoms with Crippen LogP contribution < -0.4 is 0 Å². The Kier molecular flexibility index (Phi) is 2.78. The van der Waals surface area contributed by atoms with Crippen LogP contribution in [0, 0.1) is 0 Å². The van der Waals surface area contributed by atoms with Gasteiger partial charge in [-0.05, 0) is 16.3 Å². The van der Waals surface area contributed by atoms with Crippen LogP contribution in [0.15, 0.2) is 54.0 Å². The average Bonchev–Trinajstić information content (AvgIpc) is 2.21. The third-order valence-corrected chi connectivity index (χ3v) is 3.59. The van der Waals surface area contributed by atoms with Gasteiger partial charge in [-0.1, -0.05) is 48.6 Å². The van der Waals surface area contributed by atoms with Crippen molar-refractivity contribution in [3.05, 3.63) is 59.5 Å². The molecule has 0 N–H and O–H groups in total. The van der Waals surface area contributed by atoms with Gasteiger partial charge in [-0.25, -0.2) is 0 Å². The zero-order chi connectivity index (χ0) is 8.93. The maximum Gasteiger partial charge on any atom is 0.0173 e. The van der Waals surface area contributed by atoms with Gasteiger partial charge in [0.25, 0.3) is 0 Å². The highest BCUT2D eigenvalue weighted by molar-refractivity contribution is 8.17. The molecule has 0 fully saturated rings. The van der Waals surface area contributed by atoms with Crippen LogP contribution in [0.25, 0.3) is 0 Å². The molecule has 1 aliphatic rings. The second-order valence-electron chi connectivity index (χ2n) is 2.95. The fourth-order valence-corrected chi connectivity index (χ4v) is 2.71. The molecule has 1 heterocycles. The van der Waals surface area contributed by atoms with Gasteiger partial charge >= 0.3 is 0 Å². The van der Waals surface area contributed by atoms with Gasteiger partial charge in [0.1, 0.15) is 0 Å². The Labute approximate surface area is 81.5 Å². The Hall–Kier alpha value is -1.08. The monoisotopic (exact) mass is 188 g/mol. The zero-order valence-electron chi connectivity index (χ0n) is 7.39. The molecule has 66 valence electrons. The van der Waals surface area contributed by atoms with E-state index in [1.54, 1.807) is 0 Å². The highest BCUT2D eigenvalue weighted by atomic mass is 32.2. The Bertz CT molecular complexity index is 358. The minimum absolute atomic E-state index is 0.312. The molecule has 1 heteroatoms. The summed E-state index contributed by atoms with van der Waals surface area (Å²) in [4.78, 5) is 0. The minimum Gasteiger partial charge on any atom is -0.158 e. The molecule has 0 aliphatic carbocycles. The third-order valence-electron chi connectivity index (χ3n) is 1.91. The van der Waals surface area contributed by atoms with E-state index in [2.05, 4.69) is 59.3 Å². The molecule has 1 aromatic carbocycles. The number of hydrogen-bond donors (Lipinski definition) is 0. The smallest absolute Gasteiger partial charge is 0.0173 e. The van der Waals surface area contributed by atoms with Crippen molar-refractivity contribution in [2.75, 3.05) is 0 Å². The largest absolute Gasteiger partial charge is 0.158 e. The fraction of sp³-hybridized carbons (Fsp3) is 0.0833. The molecule has 1 unspecified atom stereocenters. The van der Waals surface area contributed by atoms with Crippen LogP contribution in [0.5, 0.6) is 0 Å². The van der Waals surface area contributed by atoms with E-state index in [0.717, 1.165) is 5.75 Å². The lowest BCUT2D eigenvalue weighted by Crippen LogP contribution is -1.82. The third kappa shape index (κ3) is 2.43. The molecule has 0 bridgehead atoms. The number of benzene rings is 1. The van der Waals surface area contributed by atoms with Crippen LogP contribution in [0.1, 0.15) is 5.56 Å². The lowest BCUT2D eigenvalue weighted by Gasteiger charge is -2.04. The SMILES string of the molecule is C1=CC=S(Cc2ccccc2)C=C1. The number of allylic oxidation sites excluding steroid dienone is 3. The van der Waals surface area contributed by atoms with Gasteiger partial charge in [0.05, 0.1) is 0 Å². The van der Waals surface area contributed by atoms with Crippen LogP contribution in [-0.2, 0) is 5.75 Å². The topological polar surface area (TPSA) is 0 Å². The molecule has 0 radical (unpaired) electrons. The van der Waals surface area contributed by atoms with E-state index < -0.39 is 0 Å². The quantitative estimate of drug-likeness (QED) is 0.624. The van der Waals surface area contributed by atoms with E-state index in [0.29, 0.717) is 10.5 Å². The second kappa shape index (κ2) is 4.24. The van der Waals surface area contributed by atoms with Gasteiger partial charge < -0.3 is 0 Å². The molecule has 0 saturated carbocycles. The Morgan fingerprint density at radius 2 is 1.77 bits per heavy atom. The van der Waals surface area contributed by atoms with Gasteiger partial charge in [-0.3, -0.25) is 0 Å². The van der Waals surface area contributed by atoms with Crippen LogP contribution in [0.2, 0.25) is 0 Å². The van der Waals surface area contributed by atoms with Crippen molar-refractivity contribution in [2.45, 2.75) is 5.75 Å². The molecular weight excluding hydrogens is 176 g/mol. The average molecular weight is 188 g/mol. The Balaban J connectivity index is 2.11. The predicted octanol–water partition coefficient (Wildman–Crippen LogP) is 3.34. The molecule has 13 heavy (non-hydrogen) atoms. The lowest BCUT2D eigenvalue weighted by molar-refractivity contribution is 1.42. The first-order valence-corrected chi connectivity index (χ1v) is 5.88. The summed E-state index contributed by atoms with van der Waals surface area (Å²) in [5, 5.41) is 4.54. The highest BCUT2D eigenvalue weighted by Crippen LogP contribution is 2.22. The zero-order valence-corrected chi connectivity index (χ0v) is 8.21. The minimum atomic E-state index is 0.312. The predicted molar refractivity (Wildman–Crippen MR) is 62.1 cm³/mol. The van der Waals surface area contributed by atoms with E-state index in [-0.39, 0.29) is 0 Å². The van der Waals surface area contributed by atoms with E-state index in [1.807, 2.05) is 0 Å². The highest BCUT2D eigenvalue weighted by Gasteiger charge is 1.94. The van der Waals surface area contributed by atoms with Gasteiger partial charge in [0.2, 0.25) is 0 Å². The normalized spacial score (nSPS) is 19.8. The molecule has 1 aliphatic heterocycles. The first-order valence-electron chi connectivity index (χ1n) is 4.36. The van der Waals surface area contributed by atoms with Crippen molar-refractivity contribution in [2.24, 2.45) is 0 Å². The Morgan fingerprint density at radius 3 is 2.46 bits per heavy atom. The molecular formula is C12H12S. The molecule has 1 atom stereocenters. The lowest BCUT2D eigenvalue weighted by atomic mass is 10.2. The summed E-state index contributed by atoms with van der Waals surface area (Å²) in [6, 6.07) is 10.6. The van der Waals surface area contributed by atoms with Crippen LogP contribution in [0.4, 0.5) is 0 Å². The second-order valence-corrected chi connectivity index (χ2v) is 4.72. The van der Waals surface area contributed by atoms with Crippen molar-refractivity contribution < 1.29 is 0 Å². The maximum atomic E-state index is 2.27. The standard InChI is InChI=1S/C12H12S/c1-3-7-12(8-4-1)11-13-9-5-2-6-10-13/h1-10H,11H2. The van der Waals surface area contributed by atoms with Crippen LogP contribution >= 0.6 is 10.5 Å². The van der Waals surface area contributed by atoms with Gasteiger partial charge in [0.15, 0.2) is 0 Å². The first-order chi connectivity index (χ1) is 6.45. The van der Waals surface area contributed by atoms with Crippen LogP contribution in [0.3, 0.4) is 0 Å². The summed E-state index contributed by atoms with van der Waals surface area (Å²) in [6.45, 7) is 0. The molecule has 0 nitrogen and oxygen atoms in total. The van der Waals surface area contributed by atoms with Crippen molar-refractivity contribution in [3.63, 3.8) is 0 Å². The Morgan fingerprint density at radius 1 is 0.923 bits per heavy atom. The van der Waals surface area contributed by atoms with Crippen LogP contribution in [-0.4, -0.2) is 5.37 Å². The summed E-state index contributed by atoms with van der Waals surface area (Å²) >= 11 is 0. The van der Waals surface area contributed by atoms with E-state index in [1.165, 1.54) is 5.56 Å². The van der Waals surface area contributed by atoms with Crippen molar-refractivity contribution in [1.29, 1.82) is 0 Å². The van der Waals surface area contributed by atoms with E-state index in [4.69, 9.17) is 0 Å². The maximum absolute atomic E-state index is 2.27. The molecule has 0 spiro atoms. The molecule has 0 aromatic heterocycles. The molecule has 2 rings (SSSR count). The number of hydrogen-bond acceptors (Lipinski definition) is 0. The van der Waals surface area contributed by atoms with Gasteiger partial charge in [-0.15, -0.1) is 0 Å². The summed E-state index contributed by atoms with van der Waals surface area (Å²) in [6.07, 6.45) is 6.34. The van der Waals surface area contributed by atoms with Crippen molar-refractivity contribution in [1.82, 2.24) is 0 Å². The number of rotatable bonds is 2.